The van der Waals surface area contributed by atoms with Crippen molar-refractivity contribution in [3.63, 3.8) is 0 Å². The number of aryl methyl sites for hydroxylation is 1. The fourth-order valence-electron chi connectivity index (χ4n) is 2.85. The number of fused-ring (bicyclic) bond motifs is 1. The highest BCUT2D eigenvalue weighted by Gasteiger charge is 2.24. The molecule has 0 fully saturated rings. The van der Waals surface area contributed by atoms with Crippen LogP contribution in [0.2, 0.25) is 0 Å². The lowest BCUT2D eigenvalue weighted by Crippen LogP contribution is -2.24. The van der Waals surface area contributed by atoms with Gasteiger partial charge in [0.1, 0.15) is 0 Å². The zero-order valence-electron chi connectivity index (χ0n) is 12.5. The van der Waals surface area contributed by atoms with Crippen LogP contribution in [-0.2, 0) is 11.2 Å². The molecular formula is C17H21N3O. The normalized spacial score (nSPS) is 19.0. The summed E-state index contributed by atoms with van der Waals surface area (Å²) in [5, 5.41) is 3.33. The third-order valence-corrected chi connectivity index (χ3v) is 4.05. The highest BCUT2D eigenvalue weighted by molar-refractivity contribution is 5.31. The minimum absolute atomic E-state index is 0.121. The third kappa shape index (κ3) is 3.12. The highest BCUT2D eigenvalue weighted by Crippen LogP contribution is 2.33. The minimum Gasteiger partial charge on any atom is -0.373 e. The Balaban J connectivity index is 1.80. The summed E-state index contributed by atoms with van der Waals surface area (Å²) in [6, 6.07) is 8.70. The van der Waals surface area contributed by atoms with Crippen molar-refractivity contribution in [3.05, 3.63) is 59.2 Å². The third-order valence-electron chi connectivity index (χ3n) is 4.05. The first-order valence-electron chi connectivity index (χ1n) is 7.43. The van der Waals surface area contributed by atoms with Crippen LogP contribution in [0.4, 0.5) is 0 Å². The van der Waals surface area contributed by atoms with E-state index in [0.29, 0.717) is 0 Å². The number of nitrogens with one attached hydrogen (secondary N) is 1. The van der Waals surface area contributed by atoms with Crippen molar-refractivity contribution in [2.24, 2.45) is 0 Å². The first-order chi connectivity index (χ1) is 10.3. The maximum Gasteiger partial charge on any atom is 0.0846 e. The number of nitrogens with zero attached hydrogens (tertiary/aromatic N) is 2. The molecule has 2 atom stereocenters. The molecule has 0 spiro atoms. The summed E-state index contributed by atoms with van der Waals surface area (Å²) in [6.07, 6.45) is 5.66. The number of benzene rings is 1. The fraction of sp³-hybridized carbons (Fsp3) is 0.412. The maximum atomic E-state index is 5.99. The van der Waals surface area contributed by atoms with E-state index >= 15 is 0 Å². The molecule has 0 amide bonds. The molecule has 110 valence electrons. The average molecular weight is 283 g/mol. The van der Waals surface area contributed by atoms with Crippen molar-refractivity contribution < 1.29 is 4.74 Å². The second-order valence-electron chi connectivity index (χ2n) is 5.47. The van der Waals surface area contributed by atoms with Gasteiger partial charge in [-0.05, 0) is 37.9 Å². The van der Waals surface area contributed by atoms with Gasteiger partial charge < -0.3 is 10.1 Å². The number of aromatic nitrogens is 2. The van der Waals surface area contributed by atoms with E-state index < -0.39 is 0 Å². The molecule has 4 heteroatoms. The molecule has 21 heavy (non-hydrogen) atoms. The van der Waals surface area contributed by atoms with Crippen molar-refractivity contribution in [2.75, 3.05) is 13.7 Å². The van der Waals surface area contributed by atoms with E-state index in [1.54, 1.807) is 0 Å². The molecule has 0 bridgehead atoms. The Morgan fingerprint density at radius 1 is 1.29 bits per heavy atom. The molecule has 1 N–H and O–H groups in total. The van der Waals surface area contributed by atoms with Gasteiger partial charge in [0.2, 0.25) is 0 Å². The van der Waals surface area contributed by atoms with Crippen LogP contribution in [0.1, 0.15) is 41.1 Å². The lowest BCUT2D eigenvalue weighted by molar-refractivity contribution is 0.0295. The Bertz CT molecular complexity index is 597. The van der Waals surface area contributed by atoms with Crippen LogP contribution >= 0.6 is 0 Å². The molecule has 2 aromatic rings. The van der Waals surface area contributed by atoms with Gasteiger partial charge in [0, 0.05) is 6.20 Å². The van der Waals surface area contributed by atoms with Gasteiger partial charge in [-0.1, -0.05) is 24.3 Å². The van der Waals surface area contributed by atoms with E-state index in [1.807, 2.05) is 26.4 Å². The van der Waals surface area contributed by atoms with Crippen molar-refractivity contribution in [2.45, 2.75) is 31.9 Å². The number of hydrogen-bond acceptors (Lipinski definition) is 4. The van der Waals surface area contributed by atoms with Gasteiger partial charge >= 0.3 is 0 Å². The lowest BCUT2D eigenvalue weighted by Gasteiger charge is -2.29. The summed E-state index contributed by atoms with van der Waals surface area (Å²) >= 11 is 0. The minimum atomic E-state index is 0.121. The molecule has 0 saturated heterocycles. The fourth-order valence-corrected chi connectivity index (χ4v) is 2.85. The predicted octanol–water partition coefficient (Wildman–Crippen LogP) is 2.75. The Morgan fingerprint density at radius 3 is 2.90 bits per heavy atom. The average Bonchev–Trinajstić information content (AvgIpc) is 2.54. The van der Waals surface area contributed by atoms with Gasteiger partial charge in [0.15, 0.2) is 0 Å². The monoisotopic (exact) mass is 283 g/mol. The van der Waals surface area contributed by atoms with Crippen LogP contribution in [0.3, 0.4) is 0 Å². The molecule has 1 aromatic carbocycles. The van der Waals surface area contributed by atoms with Crippen molar-refractivity contribution in [1.82, 2.24) is 15.3 Å². The Hall–Kier alpha value is -1.78. The molecule has 1 aliphatic rings. The summed E-state index contributed by atoms with van der Waals surface area (Å²) in [5.41, 5.74) is 4.62. The maximum absolute atomic E-state index is 5.99. The standard InChI is InChI=1S/C17H21N3O/c1-12-10-20-16(11-19-12)15(18-2)9-17-14-6-4-3-5-13(14)7-8-21-17/h3-6,10-11,15,17-18H,7-9H2,1-2H3. The Labute approximate surface area is 125 Å². The van der Waals surface area contributed by atoms with E-state index in [4.69, 9.17) is 4.74 Å². The van der Waals surface area contributed by atoms with Gasteiger partial charge in [-0.25, -0.2) is 0 Å². The topological polar surface area (TPSA) is 47.0 Å². The van der Waals surface area contributed by atoms with E-state index in [0.717, 1.165) is 30.8 Å². The molecule has 0 aliphatic carbocycles. The molecule has 1 aromatic heterocycles. The molecule has 2 unspecified atom stereocenters. The summed E-state index contributed by atoms with van der Waals surface area (Å²) < 4.78 is 5.99. The summed E-state index contributed by atoms with van der Waals surface area (Å²) in [4.78, 5) is 8.83. The van der Waals surface area contributed by atoms with Crippen LogP contribution < -0.4 is 5.32 Å². The second kappa shape index (κ2) is 6.33. The first-order valence-corrected chi connectivity index (χ1v) is 7.43. The number of ether oxygens (including phenoxy) is 1. The van der Waals surface area contributed by atoms with E-state index in [2.05, 4.69) is 39.6 Å². The Morgan fingerprint density at radius 2 is 2.14 bits per heavy atom. The first kappa shape index (κ1) is 14.2. The largest absolute Gasteiger partial charge is 0.373 e. The van der Waals surface area contributed by atoms with Gasteiger partial charge in [-0.3, -0.25) is 9.97 Å². The van der Waals surface area contributed by atoms with Crippen LogP contribution in [-0.4, -0.2) is 23.6 Å². The van der Waals surface area contributed by atoms with E-state index in [-0.39, 0.29) is 12.1 Å². The van der Waals surface area contributed by atoms with Gasteiger partial charge in [-0.15, -0.1) is 0 Å². The van der Waals surface area contributed by atoms with Crippen LogP contribution in [0.15, 0.2) is 36.7 Å². The number of hydrogen-bond donors (Lipinski definition) is 1. The summed E-state index contributed by atoms with van der Waals surface area (Å²) in [7, 11) is 1.96. The van der Waals surface area contributed by atoms with Crippen molar-refractivity contribution in [3.8, 4) is 0 Å². The molecule has 3 rings (SSSR count). The summed E-state index contributed by atoms with van der Waals surface area (Å²) in [5.74, 6) is 0. The Kier molecular flexibility index (Phi) is 4.27. The zero-order chi connectivity index (χ0) is 14.7. The molecule has 0 saturated carbocycles. The van der Waals surface area contributed by atoms with Crippen LogP contribution in [0, 0.1) is 6.92 Å². The molecule has 1 aliphatic heterocycles. The quantitative estimate of drug-likeness (QED) is 0.937. The molecule has 0 radical (unpaired) electrons. The zero-order valence-corrected chi connectivity index (χ0v) is 12.5. The lowest BCUT2D eigenvalue weighted by atomic mass is 9.93. The molecular weight excluding hydrogens is 262 g/mol. The molecule has 4 nitrogen and oxygen atoms in total. The van der Waals surface area contributed by atoms with E-state index in [1.165, 1.54) is 11.1 Å². The predicted molar refractivity (Wildman–Crippen MR) is 82.0 cm³/mol. The smallest absolute Gasteiger partial charge is 0.0846 e. The van der Waals surface area contributed by atoms with Crippen LogP contribution in [0.25, 0.3) is 0 Å². The van der Waals surface area contributed by atoms with Crippen molar-refractivity contribution >= 4 is 0 Å². The summed E-state index contributed by atoms with van der Waals surface area (Å²) in [6.45, 7) is 2.74. The second-order valence-corrected chi connectivity index (χ2v) is 5.47. The SMILES string of the molecule is CNC(CC1OCCc2ccccc21)c1cnc(C)cn1. The van der Waals surface area contributed by atoms with Crippen LogP contribution in [0.5, 0.6) is 0 Å². The highest BCUT2D eigenvalue weighted by atomic mass is 16.5. The number of rotatable bonds is 4. The van der Waals surface area contributed by atoms with Crippen molar-refractivity contribution in [1.29, 1.82) is 0 Å². The van der Waals surface area contributed by atoms with Gasteiger partial charge in [-0.2, -0.15) is 0 Å². The van der Waals surface area contributed by atoms with Gasteiger partial charge in [0.25, 0.3) is 0 Å². The van der Waals surface area contributed by atoms with Gasteiger partial charge in [0.05, 0.1) is 36.3 Å². The van der Waals surface area contributed by atoms with E-state index in [9.17, 15) is 0 Å². The molecule has 2 heterocycles.